The summed E-state index contributed by atoms with van der Waals surface area (Å²) in [7, 11) is 0. The number of fused-ring (bicyclic) bond motifs is 3. The molecule has 2 amide bonds. The average Bonchev–Trinajstić information content (AvgIpc) is 3.15. The van der Waals surface area contributed by atoms with Crippen LogP contribution < -0.4 is 10.6 Å². The van der Waals surface area contributed by atoms with E-state index in [9.17, 15) is 19.5 Å². The second kappa shape index (κ2) is 9.19. The Labute approximate surface area is 210 Å². The van der Waals surface area contributed by atoms with Gasteiger partial charge in [-0.2, -0.15) is 0 Å². The lowest BCUT2D eigenvalue weighted by atomic mass is 9.76. The maximum absolute atomic E-state index is 13.2. The second-order valence-corrected chi connectivity index (χ2v) is 9.66. The molecule has 0 saturated heterocycles. The smallest absolute Gasteiger partial charge is 0.408 e. The summed E-state index contributed by atoms with van der Waals surface area (Å²) in [6.07, 6.45) is 0.970. The Kier molecular flexibility index (Phi) is 6.06. The molecule has 3 aromatic rings. The van der Waals surface area contributed by atoms with Crippen molar-refractivity contribution >= 4 is 39.6 Å². The van der Waals surface area contributed by atoms with E-state index >= 15 is 0 Å². The number of carboxylic acid groups (broad SMARTS) is 1. The van der Waals surface area contributed by atoms with Crippen LogP contribution in [0.4, 0.5) is 10.5 Å². The Hall–Kier alpha value is -3.65. The van der Waals surface area contributed by atoms with Crippen LogP contribution >= 0.6 is 15.9 Å². The SMILES string of the molecule is O=C(NC1(C(=O)Nc2c(Br)cccc2C(=O)O)CCC1)OCC1c2ccccc2-c2ccccc21. The largest absolute Gasteiger partial charge is 0.478 e. The van der Waals surface area contributed by atoms with E-state index in [1.807, 2.05) is 36.4 Å². The Morgan fingerprint density at radius 3 is 2.14 bits per heavy atom. The predicted molar refractivity (Wildman–Crippen MR) is 135 cm³/mol. The molecule has 3 aromatic carbocycles. The van der Waals surface area contributed by atoms with Crippen LogP contribution in [0.1, 0.15) is 46.7 Å². The maximum Gasteiger partial charge on any atom is 0.408 e. The van der Waals surface area contributed by atoms with E-state index in [0.717, 1.165) is 28.7 Å². The average molecular weight is 535 g/mol. The van der Waals surface area contributed by atoms with Crippen LogP contribution in [0.25, 0.3) is 11.1 Å². The molecule has 0 bridgehead atoms. The molecule has 0 radical (unpaired) electrons. The first-order valence-electron chi connectivity index (χ1n) is 11.4. The monoisotopic (exact) mass is 534 g/mol. The highest BCUT2D eigenvalue weighted by Crippen LogP contribution is 2.44. The predicted octanol–water partition coefficient (Wildman–Crippen LogP) is 5.55. The van der Waals surface area contributed by atoms with Crippen LogP contribution in [-0.4, -0.2) is 35.2 Å². The van der Waals surface area contributed by atoms with Crippen molar-refractivity contribution in [2.24, 2.45) is 0 Å². The highest BCUT2D eigenvalue weighted by Gasteiger charge is 2.46. The van der Waals surface area contributed by atoms with Gasteiger partial charge in [0.25, 0.3) is 0 Å². The summed E-state index contributed by atoms with van der Waals surface area (Å²) in [6, 6.07) is 20.8. The van der Waals surface area contributed by atoms with E-state index in [1.54, 1.807) is 12.1 Å². The van der Waals surface area contributed by atoms with Gasteiger partial charge in [0.1, 0.15) is 12.1 Å². The first kappa shape index (κ1) is 23.1. The number of carbonyl (C=O) groups excluding carboxylic acids is 2. The van der Waals surface area contributed by atoms with E-state index in [-0.39, 0.29) is 23.8 Å². The number of halogens is 1. The molecule has 0 unspecified atom stereocenters. The molecule has 8 heteroatoms. The van der Waals surface area contributed by atoms with Gasteiger partial charge in [-0.1, -0.05) is 54.6 Å². The zero-order valence-corrected chi connectivity index (χ0v) is 20.3. The maximum atomic E-state index is 13.2. The lowest BCUT2D eigenvalue weighted by molar-refractivity contribution is -0.125. The van der Waals surface area contributed by atoms with Crippen molar-refractivity contribution in [3.8, 4) is 11.1 Å². The molecule has 35 heavy (non-hydrogen) atoms. The molecular formula is C27H23BrN2O5. The summed E-state index contributed by atoms with van der Waals surface area (Å²) in [5, 5.41) is 14.9. The minimum Gasteiger partial charge on any atom is -0.478 e. The fourth-order valence-corrected chi connectivity index (χ4v) is 5.30. The summed E-state index contributed by atoms with van der Waals surface area (Å²) in [4.78, 5) is 37.6. The molecule has 3 N–H and O–H groups in total. The first-order chi connectivity index (χ1) is 16.9. The number of hydrogen-bond acceptors (Lipinski definition) is 4. The molecule has 178 valence electrons. The lowest BCUT2D eigenvalue weighted by Gasteiger charge is -2.40. The van der Waals surface area contributed by atoms with Crippen LogP contribution in [-0.2, 0) is 9.53 Å². The Morgan fingerprint density at radius 2 is 1.57 bits per heavy atom. The Morgan fingerprint density at radius 1 is 0.943 bits per heavy atom. The number of benzene rings is 3. The topological polar surface area (TPSA) is 105 Å². The van der Waals surface area contributed by atoms with E-state index in [4.69, 9.17) is 4.74 Å². The third-order valence-corrected chi connectivity index (χ3v) is 7.47. The number of nitrogens with one attached hydrogen (secondary N) is 2. The van der Waals surface area contributed by atoms with Gasteiger partial charge in [-0.05, 0) is 69.6 Å². The fourth-order valence-electron chi connectivity index (χ4n) is 4.83. The minimum atomic E-state index is -1.16. The number of carboxylic acids is 1. The molecule has 2 aliphatic rings. The van der Waals surface area contributed by atoms with Gasteiger partial charge in [-0.3, -0.25) is 4.79 Å². The standard InChI is InChI=1S/C27H23BrN2O5/c28-22-12-5-11-20(24(31)32)23(22)29-25(33)27(13-6-14-27)30-26(34)35-15-21-18-9-3-1-7-16(18)17-8-2-4-10-19(17)21/h1-5,7-12,21H,6,13-15H2,(H,29,33)(H,30,34)(H,31,32). The van der Waals surface area contributed by atoms with Crippen molar-refractivity contribution in [1.29, 1.82) is 0 Å². The molecule has 0 aliphatic heterocycles. The van der Waals surface area contributed by atoms with Crippen molar-refractivity contribution in [1.82, 2.24) is 5.32 Å². The van der Waals surface area contributed by atoms with Gasteiger partial charge in [-0.15, -0.1) is 0 Å². The van der Waals surface area contributed by atoms with Crippen LogP contribution in [0.15, 0.2) is 71.2 Å². The number of ether oxygens (including phenoxy) is 1. The van der Waals surface area contributed by atoms with Crippen LogP contribution in [0, 0.1) is 0 Å². The molecule has 5 rings (SSSR count). The van der Waals surface area contributed by atoms with Gasteiger partial charge in [-0.25, -0.2) is 9.59 Å². The van der Waals surface area contributed by atoms with Gasteiger partial charge in [0.15, 0.2) is 0 Å². The van der Waals surface area contributed by atoms with Crippen molar-refractivity contribution in [3.63, 3.8) is 0 Å². The number of alkyl carbamates (subject to hydrolysis) is 1. The fraction of sp³-hybridized carbons (Fsp3) is 0.222. The Bertz CT molecular complexity index is 1290. The molecule has 0 spiro atoms. The number of aromatic carboxylic acids is 1. The zero-order chi connectivity index (χ0) is 24.6. The van der Waals surface area contributed by atoms with Crippen molar-refractivity contribution < 1.29 is 24.2 Å². The molecule has 1 fully saturated rings. The Balaban J connectivity index is 1.29. The number of para-hydroxylation sites is 1. The van der Waals surface area contributed by atoms with Crippen LogP contribution in [0.2, 0.25) is 0 Å². The van der Waals surface area contributed by atoms with Gasteiger partial charge in [0.2, 0.25) is 5.91 Å². The first-order valence-corrected chi connectivity index (χ1v) is 12.2. The molecule has 0 aromatic heterocycles. The van der Waals surface area contributed by atoms with Gasteiger partial charge in [0.05, 0.1) is 11.3 Å². The molecule has 0 atom stereocenters. The van der Waals surface area contributed by atoms with E-state index in [2.05, 4.69) is 38.7 Å². The quantitative estimate of drug-likeness (QED) is 0.384. The third-order valence-electron chi connectivity index (χ3n) is 6.81. The van der Waals surface area contributed by atoms with Crippen molar-refractivity contribution in [2.75, 3.05) is 11.9 Å². The number of amides is 2. The third kappa shape index (κ3) is 4.18. The number of hydrogen-bond donors (Lipinski definition) is 3. The van der Waals surface area contributed by atoms with Crippen molar-refractivity contribution in [2.45, 2.75) is 30.7 Å². The summed E-state index contributed by atoms with van der Waals surface area (Å²) in [6.45, 7) is 0.144. The van der Waals surface area contributed by atoms with E-state index in [0.29, 0.717) is 17.3 Å². The normalized spacial score (nSPS) is 15.3. The summed E-state index contributed by atoms with van der Waals surface area (Å²) < 4.78 is 6.07. The summed E-state index contributed by atoms with van der Waals surface area (Å²) in [5.41, 5.74) is 3.45. The van der Waals surface area contributed by atoms with E-state index in [1.165, 1.54) is 6.07 Å². The zero-order valence-electron chi connectivity index (χ0n) is 18.7. The van der Waals surface area contributed by atoms with Crippen LogP contribution in [0.3, 0.4) is 0 Å². The molecule has 1 saturated carbocycles. The highest BCUT2D eigenvalue weighted by molar-refractivity contribution is 9.10. The van der Waals surface area contributed by atoms with Gasteiger partial charge < -0.3 is 20.5 Å². The number of anilines is 1. The molecule has 0 heterocycles. The van der Waals surface area contributed by atoms with Gasteiger partial charge >= 0.3 is 12.1 Å². The number of rotatable bonds is 6. The van der Waals surface area contributed by atoms with E-state index < -0.39 is 23.5 Å². The van der Waals surface area contributed by atoms with Gasteiger partial charge in [0, 0.05) is 10.4 Å². The van der Waals surface area contributed by atoms with Crippen LogP contribution in [0.5, 0.6) is 0 Å². The lowest BCUT2D eigenvalue weighted by Crippen LogP contribution is -2.61. The molecule has 7 nitrogen and oxygen atoms in total. The second-order valence-electron chi connectivity index (χ2n) is 8.81. The number of carbonyl (C=O) groups is 3. The van der Waals surface area contributed by atoms with Crippen molar-refractivity contribution in [3.05, 3.63) is 87.9 Å². The summed E-state index contributed by atoms with van der Waals surface area (Å²) in [5.74, 6) is -1.71. The summed E-state index contributed by atoms with van der Waals surface area (Å²) >= 11 is 3.30. The minimum absolute atomic E-state index is 0.0386. The highest BCUT2D eigenvalue weighted by atomic mass is 79.9. The molecular weight excluding hydrogens is 512 g/mol. The molecule has 2 aliphatic carbocycles.